The van der Waals surface area contributed by atoms with Gasteiger partial charge in [0.2, 0.25) is 11.9 Å². The van der Waals surface area contributed by atoms with Crippen LogP contribution in [0.25, 0.3) is 0 Å². The van der Waals surface area contributed by atoms with Crippen molar-refractivity contribution in [1.29, 1.82) is 0 Å². The summed E-state index contributed by atoms with van der Waals surface area (Å²) in [4.78, 5) is 21.1. The number of nitrogens with one attached hydrogen (secondary N) is 1. The van der Waals surface area contributed by atoms with Gasteiger partial charge in [0.1, 0.15) is 10.7 Å². The first kappa shape index (κ1) is 17.1. The van der Waals surface area contributed by atoms with Gasteiger partial charge in [0.05, 0.1) is 12.1 Å². The Hall–Kier alpha value is -2.35. The molecule has 1 amide bonds. The number of rotatable bonds is 2. The first-order valence-electron chi connectivity index (χ1n) is 8.05. The highest BCUT2D eigenvalue weighted by Crippen LogP contribution is 2.53. The van der Waals surface area contributed by atoms with E-state index in [2.05, 4.69) is 15.3 Å². The van der Waals surface area contributed by atoms with E-state index in [1.807, 2.05) is 17.0 Å². The lowest BCUT2D eigenvalue weighted by atomic mass is 9.91. The lowest BCUT2D eigenvalue weighted by molar-refractivity contribution is -0.138. The van der Waals surface area contributed by atoms with Crippen molar-refractivity contribution >= 4 is 29.1 Å². The van der Waals surface area contributed by atoms with E-state index < -0.39 is 16.9 Å². The number of aromatic nitrogens is 2. The average Bonchev–Trinajstić information content (AvgIpc) is 3.10. The Morgan fingerprint density at radius 1 is 1.27 bits per heavy atom. The highest BCUT2D eigenvalue weighted by Gasteiger charge is 2.45. The van der Waals surface area contributed by atoms with Crippen molar-refractivity contribution in [2.75, 3.05) is 5.32 Å². The summed E-state index contributed by atoms with van der Waals surface area (Å²) in [5.41, 5.74) is 1.73. The zero-order valence-corrected chi connectivity index (χ0v) is 14.4. The van der Waals surface area contributed by atoms with Crippen molar-refractivity contribution < 1.29 is 18.0 Å². The number of anilines is 2. The van der Waals surface area contributed by atoms with Gasteiger partial charge in [-0.3, -0.25) is 4.79 Å². The molecule has 1 N–H and O–H groups in total. The molecule has 4 rings (SSSR count). The Morgan fingerprint density at radius 3 is 2.58 bits per heavy atom. The standard InChI is InChI=1S/C17H14ClF3N4O/c1-8(26)25-13-4-5-14(25)11-6-9(2-3-10(11)13)23-16-22-7-12(15(18)24-16)17(19,20)21/h2-3,6-7,13-14H,4-5H2,1H3,(H,22,23,24). The molecular weight excluding hydrogens is 369 g/mol. The van der Waals surface area contributed by atoms with Crippen LogP contribution in [0.3, 0.4) is 0 Å². The van der Waals surface area contributed by atoms with Gasteiger partial charge in [-0.2, -0.15) is 13.2 Å². The molecule has 0 aliphatic carbocycles. The minimum Gasteiger partial charge on any atom is -0.329 e. The number of carbonyl (C=O) groups is 1. The molecule has 0 saturated carbocycles. The molecule has 1 saturated heterocycles. The number of hydrogen-bond acceptors (Lipinski definition) is 4. The van der Waals surface area contributed by atoms with Gasteiger partial charge in [0, 0.05) is 18.8 Å². The molecule has 2 bridgehead atoms. The Bertz CT molecular complexity index is 902. The molecule has 26 heavy (non-hydrogen) atoms. The first-order chi connectivity index (χ1) is 12.3. The maximum atomic E-state index is 12.7. The molecule has 2 aromatic rings. The van der Waals surface area contributed by atoms with Crippen LogP contribution in [0.5, 0.6) is 0 Å². The SMILES string of the molecule is CC(=O)N1C2CCC1c1cc(Nc3ncc(C(F)(F)F)c(Cl)n3)ccc12. The largest absolute Gasteiger partial charge is 0.420 e. The molecule has 1 aromatic carbocycles. The van der Waals surface area contributed by atoms with Crippen LogP contribution in [0.4, 0.5) is 24.8 Å². The normalized spacial score (nSPS) is 21.0. The molecule has 2 atom stereocenters. The Morgan fingerprint density at radius 2 is 1.96 bits per heavy atom. The Kier molecular flexibility index (Phi) is 3.83. The minimum absolute atomic E-state index is 0.0190. The van der Waals surface area contributed by atoms with Gasteiger partial charge >= 0.3 is 6.18 Å². The summed E-state index contributed by atoms with van der Waals surface area (Å²) in [5, 5.41) is 2.22. The Balaban J connectivity index is 1.61. The number of amides is 1. The van der Waals surface area contributed by atoms with E-state index in [9.17, 15) is 18.0 Å². The fourth-order valence-corrected chi connectivity index (χ4v) is 4.08. The quantitative estimate of drug-likeness (QED) is 0.769. The highest BCUT2D eigenvalue weighted by molar-refractivity contribution is 6.30. The smallest absolute Gasteiger partial charge is 0.329 e. The van der Waals surface area contributed by atoms with Crippen molar-refractivity contribution in [2.45, 2.75) is 38.0 Å². The zero-order chi connectivity index (χ0) is 18.6. The number of fused-ring (bicyclic) bond motifs is 5. The third-order valence-electron chi connectivity index (χ3n) is 4.86. The van der Waals surface area contributed by atoms with Crippen LogP contribution < -0.4 is 5.32 Å². The van der Waals surface area contributed by atoms with Crippen LogP contribution in [0.1, 0.15) is 48.5 Å². The molecule has 136 valence electrons. The maximum Gasteiger partial charge on any atom is 0.420 e. The average molecular weight is 383 g/mol. The second-order valence-electron chi connectivity index (χ2n) is 6.40. The van der Waals surface area contributed by atoms with Gasteiger partial charge in [-0.25, -0.2) is 9.97 Å². The number of alkyl halides is 3. The highest BCUT2D eigenvalue weighted by atomic mass is 35.5. The molecule has 5 nitrogen and oxygen atoms in total. The van der Waals surface area contributed by atoms with E-state index in [0.29, 0.717) is 11.9 Å². The monoisotopic (exact) mass is 382 g/mol. The predicted octanol–water partition coefficient (Wildman–Crippen LogP) is 4.63. The molecule has 0 radical (unpaired) electrons. The van der Waals surface area contributed by atoms with E-state index in [4.69, 9.17) is 11.6 Å². The van der Waals surface area contributed by atoms with Crippen molar-refractivity contribution in [3.05, 3.63) is 46.2 Å². The molecule has 2 aliphatic heterocycles. The van der Waals surface area contributed by atoms with Gasteiger partial charge < -0.3 is 10.2 Å². The summed E-state index contributed by atoms with van der Waals surface area (Å²) < 4.78 is 38.2. The summed E-state index contributed by atoms with van der Waals surface area (Å²) in [6.07, 6.45) is -2.09. The molecule has 1 aromatic heterocycles. The van der Waals surface area contributed by atoms with E-state index in [-0.39, 0.29) is 23.9 Å². The van der Waals surface area contributed by atoms with E-state index in [1.54, 1.807) is 13.0 Å². The predicted molar refractivity (Wildman–Crippen MR) is 89.0 cm³/mol. The van der Waals surface area contributed by atoms with Crippen LogP contribution in [-0.2, 0) is 11.0 Å². The molecule has 9 heteroatoms. The van der Waals surface area contributed by atoms with Crippen molar-refractivity contribution in [3.63, 3.8) is 0 Å². The summed E-state index contributed by atoms with van der Waals surface area (Å²) >= 11 is 5.62. The summed E-state index contributed by atoms with van der Waals surface area (Å²) in [7, 11) is 0. The zero-order valence-electron chi connectivity index (χ0n) is 13.6. The van der Waals surface area contributed by atoms with Crippen molar-refractivity contribution in [1.82, 2.24) is 14.9 Å². The van der Waals surface area contributed by atoms with Crippen LogP contribution >= 0.6 is 11.6 Å². The van der Waals surface area contributed by atoms with Gasteiger partial charge in [0.15, 0.2) is 0 Å². The first-order valence-corrected chi connectivity index (χ1v) is 8.43. The fourth-order valence-electron chi connectivity index (χ4n) is 3.85. The number of nitrogens with zero attached hydrogens (tertiary/aromatic N) is 3. The van der Waals surface area contributed by atoms with Crippen molar-refractivity contribution in [3.8, 4) is 0 Å². The second kappa shape index (κ2) is 5.84. The molecule has 3 heterocycles. The topological polar surface area (TPSA) is 58.1 Å². The number of hydrogen-bond donors (Lipinski definition) is 1. The number of carbonyl (C=O) groups excluding carboxylic acids is 1. The molecule has 2 unspecified atom stereocenters. The van der Waals surface area contributed by atoms with Crippen LogP contribution in [0.2, 0.25) is 5.15 Å². The summed E-state index contributed by atoms with van der Waals surface area (Å²) in [5.74, 6) is 0.0237. The molecule has 2 aliphatic rings. The third kappa shape index (κ3) is 2.68. The fraction of sp³-hybridized carbons (Fsp3) is 0.353. The minimum atomic E-state index is -4.60. The molecule has 0 spiro atoms. The lowest BCUT2D eigenvalue weighted by Crippen LogP contribution is -2.24. The van der Waals surface area contributed by atoms with Crippen LogP contribution in [-0.4, -0.2) is 20.8 Å². The van der Waals surface area contributed by atoms with Gasteiger partial charge in [-0.1, -0.05) is 17.7 Å². The van der Waals surface area contributed by atoms with Gasteiger partial charge in [-0.15, -0.1) is 0 Å². The van der Waals surface area contributed by atoms with E-state index >= 15 is 0 Å². The van der Waals surface area contributed by atoms with Crippen molar-refractivity contribution in [2.24, 2.45) is 0 Å². The van der Waals surface area contributed by atoms with Crippen LogP contribution in [0.15, 0.2) is 24.4 Å². The molecule has 1 fully saturated rings. The Labute approximate surface area is 152 Å². The summed E-state index contributed by atoms with van der Waals surface area (Å²) in [6.45, 7) is 1.56. The van der Waals surface area contributed by atoms with Gasteiger partial charge in [-0.05, 0) is 36.1 Å². The lowest BCUT2D eigenvalue weighted by Gasteiger charge is -2.20. The number of benzene rings is 1. The maximum absolute atomic E-state index is 12.7. The summed E-state index contributed by atoms with van der Waals surface area (Å²) in [6, 6.07) is 5.78. The molecular formula is C17H14ClF3N4O. The number of halogens is 4. The van der Waals surface area contributed by atoms with Gasteiger partial charge in [0.25, 0.3) is 0 Å². The second-order valence-corrected chi connectivity index (χ2v) is 6.76. The third-order valence-corrected chi connectivity index (χ3v) is 5.15. The van der Waals surface area contributed by atoms with Crippen LogP contribution in [0, 0.1) is 0 Å². The van der Waals surface area contributed by atoms with E-state index in [0.717, 1.165) is 24.0 Å². The van der Waals surface area contributed by atoms with E-state index in [1.165, 1.54) is 0 Å².